The molecule has 0 unspecified atom stereocenters. The molecule has 0 saturated carbocycles. The lowest BCUT2D eigenvalue weighted by Gasteiger charge is -2.30. The van der Waals surface area contributed by atoms with E-state index in [-0.39, 0.29) is 5.91 Å². The van der Waals surface area contributed by atoms with Gasteiger partial charge in [0, 0.05) is 13.0 Å². The Labute approximate surface area is 131 Å². The first-order valence-electron chi connectivity index (χ1n) is 7.67. The highest BCUT2D eigenvalue weighted by molar-refractivity contribution is 6.00. The third-order valence-corrected chi connectivity index (χ3v) is 4.43. The highest BCUT2D eigenvalue weighted by Crippen LogP contribution is 2.51. The van der Waals surface area contributed by atoms with Gasteiger partial charge in [0.1, 0.15) is 5.41 Å². The molecule has 2 nitrogen and oxygen atoms in total. The molecule has 1 N–H and O–H groups in total. The second-order valence-electron chi connectivity index (χ2n) is 5.56. The lowest BCUT2D eigenvalue weighted by atomic mass is 9.73. The van der Waals surface area contributed by atoms with E-state index in [1.54, 1.807) is 0 Å². The number of hydrogen-bond acceptors (Lipinski definition) is 1. The number of carbonyl (C=O) groups is 1. The Kier molecular flexibility index (Phi) is 3.73. The van der Waals surface area contributed by atoms with Crippen molar-refractivity contribution in [3.05, 3.63) is 59.7 Å². The summed E-state index contributed by atoms with van der Waals surface area (Å²) < 4.78 is 0. The molecule has 0 spiro atoms. The van der Waals surface area contributed by atoms with Crippen molar-refractivity contribution < 1.29 is 4.79 Å². The molecule has 1 aliphatic carbocycles. The summed E-state index contributed by atoms with van der Waals surface area (Å²) in [6.45, 7) is 2.56. The fraction of sp³-hybridized carbons (Fsp3) is 0.250. The van der Waals surface area contributed by atoms with Gasteiger partial charge in [0.25, 0.3) is 0 Å². The van der Waals surface area contributed by atoms with Crippen LogP contribution >= 0.6 is 0 Å². The molecule has 0 saturated heterocycles. The van der Waals surface area contributed by atoms with E-state index in [0.717, 1.165) is 22.3 Å². The molecule has 2 aromatic rings. The number of terminal acetylenes is 1. The van der Waals surface area contributed by atoms with E-state index >= 15 is 0 Å². The summed E-state index contributed by atoms with van der Waals surface area (Å²) in [5, 5.41) is 3.01. The quantitative estimate of drug-likeness (QED) is 0.858. The molecule has 0 aliphatic heterocycles. The molecule has 110 valence electrons. The van der Waals surface area contributed by atoms with Crippen molar-refractivity contribution in [1.82, 2.24) is 5.32 Å². The van der Waals surface area contributed by atoms with E-state index < -0.39 is 5.41 Å². The summed E-state index contributed by atoms with van der Waals surface area (Å²) in [7, 11) is 0. The average Bonchev–Trinajstić information content (AvgIpc) is 2.85. The van der Waals surface area contributed by atoms with Gasteiger partial charge in [-0.25, -0.2) is 0 Å². The molecule has 1 amide bonds. The first-order valence-corrected chi connectivity index (χ1v) is 7.67. The number of rotatable bonds is 4. The van der Waals surface area contributed by atoms with Gasteiger partial charge >= 0.3 is 0 Å². The highest BCUT2D eigenvalue weighted by Gasteiger charge is 2.48. The summed E-state index contributed by atoms with van der Waals surface area (Å²) in [6, 6.07) is 16.3. The van der Waals surface area contributed by atoms with Gasteiger partial charge in [0.2, 0.25) is 5.91 Å². The van der Waals surface area contributed by atoms with E-state index in [1.165, 1.54) is 0 Å². The summed E-state index contributed by atoms with van der Waals surface area (Å²) >= 11 is 0. The molecule has 22 heavy (non-hydrogen) atoms. The molecule has 0 radical (unpaired) electrons. The maximum atomic E-state index is 13.0. The molecule has 0 fully saturated rings. The van der Waals surface area contributed by atoms with Crippen LogP contribution in [0.15, 0.2) is 48.5 Å². The Bertz CT molecular complexity index is 709. The van der Waals surface area contributed by atoms with Gasteiger partial charge in [0.15, 0.2) is 0 Å². The number of amides is 1. The molecule has 0 bridgehead atoms. The zero-order valence-electron chi connectivity index (χ0n) is 12.7. The molecule has 2 aromatic carbocycles. The zero-order valence-corrected chi connectivity index (χ0v) is 12.7. The first kappa shape index (κ1) is 14.4. The van der Waals surface area contributed by atoms with Crippen molar-refractivity contribution in [2.75, 3.05) is 6.54 Å². The highest BCUT2D eigenvalue weighted by atomic mass is 16.2. The van der Waals surface area contributed by atoms with Crippen molar-refractivity contribution >= 4 is 5.91 Å². The van der Waals surface area contributed by atoms with Crippen molar-refractivity contribution in [2.24, 2.45) is 0 Å². The Hall–Kier alpha value is -2.53. The van der Waals surface area contributed by atoms with Gasteiger partial charge in [-0.3, -0.25) is 4.79 Å². The van der Waals surface area contributed by atoms with Crippen LogP contribution in [0.25, 0.3) is 11.1 Å². The van der Waals surface area contributed by atoms with Crippen LogP contribution in [-0.4, -0.2) is 12.5 Å². The molecule has 2 heteroatoms. The molecule has 0 atom stereocenters. The van der Waals surface area contributed by atoms with E-state index in [1.807, 2.05) is 31.2 Å². The minimum absolute atomic E-state index is 0.0441. The molecule has 1 aliphatic rings. The van der Waals surface area contributed by atoms with Crippen molar-refractivity contribution in [3.63, 3.8) is 0 Å². The summed E-state index contributed by atoms with van der Waals surface area (Å²) in [5.74, 6) is 2.74. The van der Waals surface area contributed by atoms with Crippen LogP contribution in [0.3, 0.4) is 0 Å². The lowest BCUT2D eigenvalue weighted by molar-refractivity contribution is -0.125. The van der Waals surface area contributed by atoms with Crippen molar-refractivity contribution in [2.45, 2.75) is 25.2 Å². The smallest absolute Gasteiger partial charge is 0.235 e. The van der Waals surface area contributed by atoms with Crippen LogP contribution in [0.1, 0.15) is 30.9 Å². The average molecular weight is 289 g/mol. The summed E-state index contributed by atoms with van der Waals surface area (Å²) in [4.78, 5) is 13.0. The number of hydrogen-bond donors (Lipinski definition) is 1. The van der Waals surface area contributed by atoms with Crippen LogP contribution in [0.5, 0.6) is 0 Å². The monoisotopic (exact) mass is 289 g/mol. The fourth-order valence-electron chi connectivity index (χ4n) is 3.52. The van der Waals surface area contributed by atoms with E-state index in [2.05, 4.69) is 35.5 Å². The minimum Gasteiger partial charge on any atom is -0.355 e. The van der Waals surface area contributed by atoms with Gasteiger partial charge < -0.3 is 5.32 Å². The predicted octanol–water partition coefficient (Wildman–Crippen LogP) is 3.50. The third-order valence-electron chi connectivity index (χ3n) is 4.43. The third kappa shape index (κ3) is 1.94. The van der Waals surface area contributed by atoms with Crippen LogP contribution in [0.2, 0.25) is 0 Å². The Morgan fingerprint density at radius 2 is 1.64 bits per heavy atom. The number of nitrogens with one attached hydrogen (secondary N) is 1. The molecule has 0 heterocycles. The Morgan fingerprint density at radius 3 is 2.14 bits per heavy atom. The van der Waals surface area contributed by atoms with Gasteiger partial charge in [-0.1, -0.05) is 48.5 Å². The molecule has 0 aromatic heterocycles. The molecular formula is C20H19NO. The van der Waals surface area contributed by atoms with Crippen LogP contribution in [0, 0.1) is 12.3 Å². The van der Waals surface area contributed by atoms with Gasteiger partial charge in [-0.15, -0.1) is 12.3 Å². The van der Waals surface area contributed by atoms with Crippen LogP contribution in [0.4, 0.5) is 0 Å². The maximum absolute atomic E-state index is 13.0. The predicted molar refractivity (Wildman–Crippen MR) is 89.4 cm³/mol. The Balaban J connectivity index is 2.28. The topological polar surface area (TPSA) is 29.1 Å². The molecule has 3 rings (SSSR count). The maximum Gasteiger partial charge on any atom is 0.235 e. The van der Waals surface area contributed by atoms with Crippen molar-refractivity contribution in [3.8, 4) is 23.5 Å². The number of fused-ring (bicyclic) bond motifs is 3. The second-order valence-corrected chi connectivity index (χ2v) is 5.56. The fourth-order valence-corrected chi connectivity index (χ4v) is 3.52. The van der Waals surface area contributed by atoms with Crippen molar-refractivity contribution in [1.29, 1.82) is 0 Å². The van der Waals surface area contributed by atoms with Crippen LogP contribution < -0.4 is 5.32 Å². The standard InChI is InChI=1S/C20H19NO/c1-3-5-14-20(19(22)21-4-2)17-12-8-6-10-15(17)16-11-7-9-13-18(16)20/h1,6-13H,4-5,14H2,2H3,(H,21,22). The number of likely N-dealkylation sites (N-methyl/N-ethyl adjacent to an activating group) is 1. The molecular weight excluding hydrogens is 270 g/mol. The van der Waals surface area contributed by atoms with E-state index in [4.69, 9.17) is 6.42 Å². The Morgan fingerprint density at radius 1 is 1.09 bits per heavy atom. The SMILES string of the molecule is C#CCCC1(C(=O)NCC)c2ccccc2-c2ccccc21. The minimum atomic E-state index is -0.671. The normalized spacial score (nSPS) is 13.8. The zero-order chi connectivity index (χ0) is 15.6. The largest absolute Gasteiger partial charge is 0.355 e. The first-order chi connectivity index (χ1) is 10.8. The van der Waals surface area contributed by atoms with E-state index in [9.17, 15) is 4.79 Å². The lowest BCUT2D eigenvalue weighted by Crippen LogP contribution is -2.44. The second kappa shape index (κ2) is 5.69. The van der Waals surface area contributed by atoms with Crippen LogP contribution in [-0.2, 0) is 10.2 Å². The van der Waals surface area contributed by atoms with Gasteiger partial charge in [-0.05, 0) is 35.6 Å². The number of carbonyl (C=O) groups excluding carboxylic acids is 1. The van der Waals surface area contributed by atoms with Gasteiger partial charge in [-0.2, -0.15) is 0 Å². The van der Waals surface area contributed by atoms with E-state index in [0.29, 0.717) is 19.4 Å². The van der Waals surface area contributed by atoms with Gasteiger partial charge in [0.05, 0.1) is 0 Å². The summed E-state index contributed by atoms with van der Waals surface area (Å²) in [5.41, 5.74) is 3.74. The summed E-state index contributed by atoms with van der Waals surface area (Å²) in [6.07, 6.45) is 6.70. The number of benzene rings is 2.